The van der Waals surface area contributed by atoms with Crippen LogP contribution >= 0.6 is 0 Å². The number of nitrogens with two attached hydrogens (primary N) is 1. The minimum absolute atomic E-state index is 0.0549. The van der Waals surface area contributed by atoms with Crippen LogP contribution in [0.15, 0.2) is 12.4 Å². The van der Waals surface area contributed by atoms with Crippen LogP contribution in [0.4, 0.5) is 5.95 Å². The summed E-state index contributed by atoms with van der Waals surface area (Å²) in [6.07, 6.45) is 3.36. The second-order valence-corrected chi connectivity index (χ2v) is 4.81. The number of hydrogen-bond acceptors (Lipinski definition) is 5. The topological polar surface area (TPSA) is 64.3 Å². The molecule has 5 nitrogen and oxygen atoms in total. The van der Waals surface area contributed by atoms with Crippen LogP contribution in [0.1, 0.15) is 20.8 Å². The van der Waals surface area contributed by atoms with Gasteiger partial charge < -0.3 is 15.4 Å². The van der Waals surface area contributed by atoms with Crippen molar-refractivity contribution in [2.24, 2.45) is 11.1 Å². The molecule has 1 aromatic heterocycles. The summed E-state index contributed by atoms with van der Waals surface area (Å²) in [4.78, 5) is 10.7. The standard InChI is InChI=1S/C12H22N4O/c1-5-16(9-12(2,3)8-13)11-14-6-10(17-4)7-15-11/h6-7H,5,8-9,13H2,1-4H3. The smallest absolute Gasteiger partial charge is 0.225 e. The first-order valence-electron chi connectivity index (χ1n) is 5.83. The van der Waals surface area contributed by atoms with Gasteiger partial charge in [-0.25, -0.2) is 9.97 Å². The van der Waals surface area contributed by atoms with E-state index in [2.05, 4.69) is 35.6 Å². The summed E-state index contributed by atoms with van der Waals surface area (Å²) in [5.41, 5.74) is 5.80. The van der Waals surface area contributed by atoms with Crippen molar-refractivity contribution in [1.82, 2.24) is 9.97 Å². The Morgan fingerprint density at radius 2 is 1.94 bits per heavy atom. The average Bonchev–Trinajstić information content (AvgIpc) is 2.36. The third-order valence-electron chi connectivity index (χ3n) is 2.69. The van der Waals surface area contributed by atoms with E-state index in [9.17, 15) is 0 Å². The normalized spacial score (nSPS) is 11.4. The molecule has 1 aromatic rings. The van der Waals surface area contributed by atoms with E-state index in [0.717, 1.165) is 19.0 Å². The molecule has 0 fully saturated rings. The maximum absolute atomic E-state index is 5.75. The van der Waals surface area contributed by atoms with E-state index >= 15 is 0 Å². The van der Waals surface area contributed by atoms with Gasteiger partial charge in [0.05, 0.1) is 19.5 Å². The molecule has 0 saturated heterocycles. The number of hydrogen-bond donors (Lipinski definition) is 1. The van der Waals surface area contributed by atoms with Crippen molar-refractivity contribution in [3.05, 3.63) is 12.4 Å². The fourth-order valence-corrected chi connectivity index (χ4v) is 1.48. The molecule has 0 aromatic carbocycles. The molecule has 1 rings (SSSR count). The Balaban J connectivity index is 2.79. The molecule has 1 heterocycles. The second-order valence-electron chi connectivity index (χ2n) is 4.81. The maximum atomic E-state index is 5.75. The van der Waals surface area contributed by atoms with Gasteiger partial charge in [0.25, 0.3) is 0 Å². The highest BCUT2D eigenvalue weighted by Gasteiger charge is 2.20. The summed E-state index contributed by atoms with van der Waals surface area (Å²) in [6, 6.07) is 0. The third-order valence-corrected chi connectivity index (χ3v) is 2.69. The Labute approximate surface area is 103 Å². The van der Waals surface area contributed by atoms with Crippen LogP contribution < -0.4 is 15.4 Å². The molecule has 0 unspecified atom stereocenters. The van der Waals surface area contributed by atoms with Crippen molar-refractivity contribution in [3.8, 4) is 5.75 Å². The molecule has 17 heavy (non-hydrogen) atoms. The Bertz CT molecular complexity index is 337. The Hall–Kier alpha value is -1.36. The van der Waals surface area contributed by atoms with E-state index in [4.69, 9.17) is 10.5 Å². The molecular formula is C12H22N4O. The summed E-state index contributed by atoms with van der Waals surface area (Å²) in [5.74, 6) is 1.39. The molecule has 0 radical (unpaired) electrons. The summed E-state index contributed by atoms with van der Waals surface area (Å²) < 4.78 is 5.04. The van der Waals surface area contributed by atoms with Crippen LogP contribution in [0.25, 0.3) is 0 Å². The van der Waals surface area contributed by atoms with Gasteiger partial charge in [0.15, 0.2) is 5.75 Å². The third kappa shape index (κ3) is 3.85. The molecule has 5 heteroatoms. The van der Waals surface area contributed by atoms with Crippen LogP contribution in [-0.4, -0.2) is 36.7 Å². The fraction of sp³-hybridized carbons (Fsp3) is 0.667. The molecular weight excluding hydrogens is 216 g/mol. The van der Waals surface area contributed by atoms with E-state index in [0.29, 0.717) is 12.3 Å². The predicted molar refractivity (Wildman–Crippen MR) is 69.3 cm³/mol. The quantitative estimate of drug-likeness (QED) is 0.809. The van der Waals surface area contributed by atoms with Gasteiger partial charge in [0.1, 0.15) is 0 Å². The summed E-state index contributed by atoms with van der Waals surface area (Å²) >= 11 is 0. The molecule has 0 saturated carbocycles. The SMILES string of the molecule is CCN(CC(C)(C)CN)c1ncc(OC)cn1. The number of anilines is 1. The van der Waals surface area contributed by atoms with Crippen LogP contribution in [-0.2, 0) is 0 Å². The maximum Gasteiger partial charge on any atom is 0.225 e. The zero-order valence-corrected chi connectivity index (χ0v) is 11.1. The molecule has 0 aliphatic heterocycles. The predicted octanol–water partition coefficient (Wildman–Crippen LogP) is 1.30. The number of ether oxygens (including phenoxy) is 1. The average molecular weight is 238 g/mol. The lowest BCUT2D eigenvalue weighted by atomic mass is 9.93. The molecule has 0 atom stereocenters. The van der Waals surface area contributed by atoms with Crippen LogP contribution in [0.2, 0.25) is 0 Å². The van der Waals surface area contributed by atoms with Crippen molar-refractivity contribution in [3.63, 3.8) is 0 Å². The highest BCUT2D eigenvalue weighted by molar-refractivity contribution is 5.31. The van der Waals surface area contributed by atoms with Crippen molar-refractivity contribution in [1.29, 1.82) is 0 Å². The van der Waals surface area contributed by atoms with Gasteiger partial charge in [-0.1, -0.05) is 13.8 Å². The first-order chi connectivity index (χ1) is 8.02. The van der Waals surface area contributed by atoms with Crippen molar-refractivity contribution in [2.45, 2.75) is 20.8 Å². The lowest BCUT2D eigenvalue weighted by Crippen LogP contribution is -2.39. The van der Waals surface area contributed by atoms with Crippen LogP contribution in [0.5, 0.6) is 5.75 Å². The Kier molecular flexibility index (Phi) is 4.69. The van der Waals surface area contributed by atoms with Gasteiger partial charge in [-0.3, -0.25) is 0 Å². The second kappa shape index (κ2) is 5.82. The van der Waals surface area contributed by atoms with Gasteiger partial charge in [0, 0.05) is 13.1 Å². The van der Waals surface area contributed by atoms with Gasteiger partial charge in [-0.15, -0.1) is 0 Å². The molecule has 0 aliphatic carbocycles. The fourth-order valence-electron chi connectivity index (χ4n) is 1.48. The number of rotatable bonds is 6. The largest absolute Gasteiger partial charge is 0.494 e. The summed E-state index contributed by atoms with van der Waals surface area (Å²) in [6.45, 7) is 8.69. The zero-order chi connectivity index (χ0) is 12.9. The monoisotopic (exact) mass is 238 g/mol. The van der Waals surface area contributed by atoms with Gasteiger partial charge >= 0.3 is 0 Å². The van der Waals surface area contributed by atoms with Crippen LogP contribution in [0, 0.1) is 5.41 Å². The first kappa shape index (κ1) is 13.7. The number of aromatic nitrogens is 2. The summed E-state index contributed by atoms with van der Waals surface area (Å²) in [5, 5.41) is 0. The number of nitrogens with zero attached hydrogens (tertiary/aromatic N) is 3. The van der Waals surface area contributed by atoms with Crippen molar-refractivity contribution < 1.29 is 4.74 Å². The molecule has 0 bridgehead atoms. The molecule has 96 valence electrons. The molecule has 0 amide bonds. The Morgan fingerprint density at radius 1 is 1.35 bits per heavy atom. The minimum atomic E-state index is 0.0549. The van der Waals surface area contributed by atoms with Gasteiger partial charge in [-0.2, -0.15) is 0 Å². The minimum Gasteiger partial charge on any atom is -0.494 e. The van der Waals surface area contributed by atoms with Crippen LogP contribution in [0.3, 0.4) is 0 Å². The van der Waals surface area contributed by atoms with E-state index in [1.165, 1.54) is 0 Å². The molecule has 0 aliphatic rings. The molecule has 2 N–H and O–H groups in total. The molecule has 0 spiro atoms. The Morgan fingerprint density at radius 3 is 2.35 bits per heavy atom. The van der Waals surface area contributed by atoms with Gasteiger partial charge in [0.2, 0.25) is 5.95 Å². The van der Waals surface area contributed by atoms with Crippen molar-refractivity contribution >= 4 is 5.95 Å². The first-order valence-corrected chi connectivity index (χ1v) is 5.83. The highest BCUT2D eigenvalue weighted by atomic mass is 16.5. The zero-order valence-electron chi connectivity index (χ0n) is 11.1. The van der Waals surface area contributed by atoms with E-state index in [-0.39, 0.29) is 5.41 Å². The lowest BCUT2D eigenvalue weighted by molar-refractivity contribution is 0.376. The van der Waals surface area contributed by atoms with Gasteiger partial charge in [-0.05, 0) is 18.9 Å². The summed E-state index contributed by atoms with van der Waals surface area (Å²) in [7, 11) is 1.60. The van der Waals surface area contributed by atoms with Crippen molar-refractivity contribution in [2.75, 3.05) is 31.6 Å². The number of methoxy groups -OCH3 is 1. The lowest BCUT2D eigenvalue weighted by Gasteiger charge is -2.31. The van der Waals surface area contributed by atoms with E-state index in [1.54, 1.807) is 19.5 Å². The van der Waals surface area contributed by atoms with E-state index < -0.39 is 0 Å². The van der Waals surface area contributed by atoms with E-state index in [1.807, 2.05) is 0 Å². The highest BCUT2D eigenvalue weighted by Crippen LogP contribution is 2.19.